The Morgan fingerprint density at radius 3 is 2.42 bits per heavy atom. The number of alkyl halides is 3. The highest BCUT2D eigenvalue weighted by Gasteiger charge is 2.40. The third-order valence-corrected chi connectivity index (χ3v) is 7.66. The lowest BCUT2D eigenvalue weighted by molar-refractivity contribution is -0.138. The predicted molar refractivity (Wildman–Crippen MR) is 111 cm³/mol. The zero-order valence-corrected chi connectivity index (χ0v) is 18.2. The van der Waals surface area contributed by atoms with E-state index in [0.29, 0.717) is 0 Å². The molecule has 0 saturated carbocycles. The lowest BCUT2D eigenvalue weighted by Crippen LogP contribution is -2.52. The number of benzene rings is 1. The highest BCUT2D eigenvalue weighted by atomic mass is 32.2. The summed E-state index contributed by atoms with van der Waals surface area (Å²) in [6.45, 7) is 0.494. The largest absolute Gasteiger partial charge is 0.416 e. The maximum atomic E-state index is 13.0. The Balaban J connectivity index is 1.40. The summed E-state index contributed by atoms with van der Waals surface area (Å²) in [5.74, 6) is -1.43. The van der Waals surface area contributed by atoms with Crippen molar-refractivity contribution in [3.63, 3.8) is 0 Å². The zero-order chi connectivity index (χ0) is 23.8. The van der Waals surface area contributed by atoms with Gasteiger partial charge in [-0.1, -0.05) is 6.07 Å². The van der Waals surface area contributed by atoms with Crippen molar-refractivity contribution >= 4 is 27.5 Å². The minimum absolute atomic E-state index is 0.0207. The molecule has 1 aromatic heterocycles. The second kappa shape index (κ2) is 8.75. The number of carbonyl (C=O) groups is 2. The topological polar surface area (TPSA) is 90.9 Å². The summed E-state index contributed by atoms with van der Waals surface area (Å²) in [5, 5.41) is 0. The summed E-state index contributed by atoms with van der Waals surface area (Å²) < 4.78 is 65.7. The Hall–Kier alpha value is -2.99. The first-order chi connectivity index (χ1) is 15.6. The summed E-state index contributed by atoms with van der Waals surface area (Å²) in [6.07, 6.45) is -1.91. The molecular formula is C21H21F3N4O4S. The van der Waals surface area contributed by atoms with Gasteiger partial charge in [0, 0.05) is 57.2 Å². The zero-order valence-electron chi connectivity index (χ0n) is 17.4. The average molecular weight is 482 g/mol. The normalized spacial score (nSPS) is 20.3. The number of nitrogens with zero attached hydrogens (tertiary/aromatic N) is 4. The van der Waals surface area contributed by atoms with Gasteiger partial charge < -0.3 is 9.80 Å². The first kappa shape index (κ1) is 23.2. The van der Waals surface area contributed by atoms with Crippen LogP contribution >= 0.6 is 0 Å². The van der Waals surface area contributed by atoms with E-state index in [1.165, 1.54) is 50.8 Å². The van der Waals surface area contributed by atoms with Crippen molar-refractivity contribution in [1.82, 2.24) is 14.2 Å². The van der Waals surface area contributed by atoms with Crippen LogP contribution in [0.3, 0.4) is 0 Å². The van der Waals surface area contributed by atoms with Crippen molar-refractivity contribution < 1.29 is 31.2 Å². The van der Waals surface area contributed by atoms with Gasteiger partial charge in [-0.15, -0.1) is 0 Å². The van der Waals surface area contributed by atoms with E-state index in [-0.39, 0.29) is 55.6 Å². The van der Waals surface area contributed by atoms with Crippen LogP contribution < -0.4 is 4.90 Å². The van der Waals surface area contributed by atoms with Crippen LogP contribution in [0.5, 0.6) is 0 Å². The maximum Gasteiger partial charge on any atom is 0.416 e. The molecule has 12 heteroatoms. The van der Waals surface area contributed by atoms with Crippen LogP contribution in [0.4, 0.5) is 18.9 Å². The van der Waals surface area contributed by atoms with Gasteiger partial charge in [0.15, 0.2) is 0 Å². The van der Waals surface area contributed by atoms with Crippen LogP contribution in [-0.2, 0) is 25.8 Å². The van der Waals surface area contributed by atoms with Gasteiger partial charge in [0.05, 0.1) is 11.5 Å². The van der Waals surface area contributed by atoms with Crippen LogP contribution in [-0.4, -0.2) is 67.1 Å². The van der Waals surface area contributed by atoms with Crippen LogP contribution in [0.25, 0.3) is 0 Å². The maximum absolute atomic E-state index is 13.0. The van der Waals surface area contributed by atoms with Gasteiger partial charge in [-0.25, -0.2) is 8.42 Å². The number of pyridine rings is 1. The van der Waals surface area contributed by atoms with E-state index in [2.05, 4.69) is 4.98 Å². The molecule has 1 aromatic carbocycles. The summed E-state index contributed by atoms with van der Waals surface area (Å²) >= 11 is 0. The van der Waals surface area contributed by atoms with Crippen molar-refractivity contribution in [3.05, 3.63) is 54.4 Å². The molecule has 1 unspecified atom stereocenters. The van der Waals surface area contributed by atoms with Gasteiger partial charge in [0.2, 0.25) is 21.8 Å². The van der Waals surface area contributed by atoms with Gasteiger partial charge in [-0.05, 0) is 30.3 Å². The van der Waals surface area contributed by atoms with Crippen LogP contribution in [0, 0.1) is 5.92 Å². The SMILES string of the molecule is O=C(C1CC(=O)N(c2cccc(C(F)(F)F)c2)C1)N1CCN(S(=O)(=O)c2cccnc2)CC1. The Labute approximate surface area is 188 Å². The smallest absolute Gasteiger partial charge is 0.340 e. The van der Waals surface area contributed by atoms with E-state index in [4.69, 9.17) is 0 Å². The van der Waals surface area contributed by atoms with Gasteiger partial charge in [0.1, 0.15) is 4.90 Å². The number of amides is 2. The number of sulfonamides is 1. The van der Waals surface area contributed by atoms with E-state index in [0.717, 1.165) is 12.1 Å². The Bertz CT molecular complexity index is 1150. The van der Waals surface area contributed by atoms with Crippen LogP contribution in [0.2, 0.25) is 0 Å². The molecule has 2 aromatic rings. The molecule has 33 heavy (non-hydrogen) atoms. The monoisotopic (exact) mass is 482 g/mol. The molecule has 4 rings (SSSR count). The number of aromatic nitrogens is 1. The first-order valence-corrected chi connectivity index (χ1v) is 11.7. The summed E-state index contributed by atoms with van der Waals surface area (Å²) in [6, 6.07) is 7.43. The van der Waals surface area contributed by atoms with Crippen molar-refractivity contribution in [2.75, 3.05) is 37.6 Å². The molecular weight excluding hydrogens is 461 g/mol. The molecule has 0 spiro atoms. The van der Waals surface area contributed by atoms with Crippen LogP contribution in [0.15, 0.2) is 53.7 Å². The minimum atomic E-state index is -4.54. The number of anilines is 1. The predicted octanol–water partition coefficient (Wildman–Crippen LogP) is 1.99. The Morgan fingerprint density at radius 2 is 1.79 bits per heavy atom. The fourth-order valence-electron chi connectivity index (χ4n) is 4.03. The quantitative estimate of drug-likeness (QED) is 0.665. The number of hydrogen-bond donors (Lipinski definition) is 0. The van der Waals surface area contributed by atoms with Crippen molar-refractivity contribution in [1.29, 1.82) is 0 Å². The van der Waals surface area contributed by atoms with Gasteiger partial charge in [-0.2, -0.15) is 17.5 Å². The van der Waals surface area contributed by atoms with Gasteiger partial charge >= 0.3 is 6.18 Å². The number of piperazine rings is 1. The molecule has 0 N–H and O–H groups in total. The van der Waals surface area contributed by atoms with E-state index in [1.807, 2.05) is 0 Å². The molecule has 1 atom stereocenters. The molecule has 2 aliphatic heterocycles. The Kier molecular flexibility index (Phi) is 6.14. The number of halogens is 3. The minimum Gasteiger partial charge on any atom is -0.340 e. The lowest BCUT2D eigenvalue weighted by atomic mass is 10.1. The number of carbonyl (C=O) groups excluding carboxylic acids is 2. The van der Waals surface area contributed by atoms with Crippen molar-refractivity contribution in [3.8, 4) is 0 Å². The summed E-state index contributed by atoms with van der Waals surface area (Å²) in [4.78, 5) is 32.0. The Morgan fingerprint density at radius 1 is 1.06 bits per heavy atom. The first-order valence-electron chi connectivity index (χ1n) is 10.2. The molecule has 0 bridgehead atoms. The summed E-state index contributed by atoms with van der Waals surface area (Å²) in [7, 11) is -3.72. The van der Waals surface area contributed by atoms with E-state index in [1.54, 1.807) is 0 Å². The molecule has 0 radical (unpaired) electrons. The molecule has 3 heterocycles. The van der Waals surface area contributed by atoms with E-state index in [9.17, 15) is 31.2 Å². The fourth-order valence-corrected chi connectivity index (χ4v) is 5.42. The number of hydrogen-bond acceptors (Lipinski definition) is 5. The molecule has 0 aliphatic carbocycles. The average Bonchev–Trinajstić information content (AvgIpc) is 3.20. The van der Waals surface area contributed by atoms with E-state index < -0.39 is 33.6 Å². The molecule has 2 fully saturated rings. The third kappa shape index (κ3) is 4.71. The third-order valence-electron chi connectivity index (χ3n) is 5.78. The van der Waals surface area contributed by atoms with Gasteiger partial charge in [-0.3, -0.25) is 14.6 Å². The highest BCUT2D eigenvalue weighted by Crippen LogP contribution is 2.34. The van der Waals surface area contributed by atoms with Gasteiger partial charge in [0.25, 0.3) is 0 Å². The highest BCUT2D eigenvalue weighted by molar-refractivity contribution is 7.89. The van der Waals surface area contributed by atoms with Crippen molar-refractivity contribution in [2.24, 2.45) is 5.92 Å². The molecule has 2 aliphatic rings. The molecule has 8 nitrogen and oxygen atoms in total. The lowest BCUT2D eigenvalue weighted by Gasteiger charge is -2.35. The second-order valence-electron chi connectivity index (χ2n) is 7.87. The molecule has 176 valence electrons. The van der Waals surface area contributed by atoms with Crippen LogP contribution in [0.1, 0.15) is 12.0 Å². The van der Waals surface area contributed by atoms with Crippen molar-refractivity contribution in [2.45, 2.75) is 17.5 Å². The number of rotatable bonds is 4. The summed E-state index contributed by atoms with van der Waals surface area (Å²) in [5.41, 5.74) is -0.772. The standard InChI is InChI=1S/C21H21F3N4O4S/c22-21(23,24)16-3-1-4-17(12-16)28-14-15(11-19(28)29)20(30)26-7-9-27(10-8-26)33(31,32)18-5-2-6-25-13-18/h1-6,12-13,15H,7-11,14H2. The molecule has 2 amide bonds. The molecule has 2 saturated heterocycles. The second-order valence-corrected chi connectivity index (χ2v) is 9.81. The van der Waals surface area contributed by atoms with E-state index >= 15 is 0 Å². The fraction of sp³-hybridized carbons (Fsp3) is 0.381.